The summed E-state index contributed by atoms with van der Waals surface area (Å²) in [6, 6.07) is 20.4. The molecule has 2 heterocycles. The van der Waals surface area contributed by atoms with Gasteiger partial charge in [0.25, 0.3) is 10.0 Å². The van der Waals surface area contributed by atoms with Gasteiger partial charge in [-0.2, -0.15) is 0 Å². The van der Waals surface area contributed by atoms with E-state index in [0.29, 0.717) is 27.9 Å². The molecule has 0 saturated carbocycles. The highest BCUT2D eigenvalue weighted by Gasteiger charge is 2.24. The van der Waals surface area contributed by atoms with Crippen LogP contribution in [0.4, 0.5) is 11.4 Å². The second-order valence-corrected chi connectivity index (χ2v) is 11.7. The largest absolute Gasteiger partial charge is 0.368 e. The molecule has 38 heavy (non-hydrogen) atoms. The highest BCUT2D eigenvalue weighted by molar-refractivity contribution is 7.92. The molecule has 8 heteroatoms. The standard InChI is InChI=1S/C30H32N4O3S/c1-21-10-11-25(18-22(21)2)32(4)38(36,37)26-12-13-29-27(19-26)30(35)28(20-31-29)23(3)33-14-16-34(17-15-33)24-8-6-5-7-9-24/h5-13,18-20H,3,14-17H2,1-2,4H3,(H,31,35). The first-order valence-electron chi connectivity index (χ1n) is 12.6. The predicted octanol–water partition coefficient (Wildman–Crippen LogP) is 4.76. The third kappa shape index (κ3) is 4.67. The molecule has 1 aromatic heterocycles. The van der Waals surface area contributed by atoms with Crippen molar-refractivity contribution >= 4 is 38.0 Å². The predicted molar refractivity (Wildman–Crippen MR) is 155 cm³/mol. The molecule has 5 rings (SSSR count). The van der Waals surface area contributed by atoms with Crippen LogP contribution >= 0.6 is 0 Å². The zero-order chi connectivity index (χ0) is 27.0. The van der Waals surface area contributed by atoms with Gasteiger partial charge >= 0.3 is 0 Å². The fraction of sp³-hybridized carbons (Fsp3) is 0.233. The Balaban J connectivity index is 1.41. The minimum absolute atomic E-state index is 0.0652. The number of benzene rings is 3. The van der Waals surface area contributed by atoms with Crippen LogP contribution in [0, 0.1) is 13.8 Å². The zero-order valence-electron chi connectivity index (χ0n) is 21.9. The zero-order valence-corrected chi connectivity index (χ0v) is 22.8. The lowest BCUT2D eigenvalue weighted by molar-refractivity contribution is 0.368. The fourth-order valence-electron chi connectivity index (χ4n) is 4.83. The van der Waals surface area contributed by atoms with Crippen molar-refractivity contribution in [3.05, 3.63) is 106 Å². The van der Waals surface area contributed by atoms with Crippen LogP contribution < -0.4 is 14.6 Å². The van der Waals surface area contributed by atoms with Gasteiger partial charge in [-0.25, -0.2) is 8.42 Å². The minimum Gasteiger partial charge on any atom is -0.368 e. The topological polar surface area (TPSA) is 76.7 Å². The molecule has 0 bridgehead atoms. The van der Waals surface area contributed by atoms with Crippen molar-refractivity contribution in [1.82, 2.24) is 9.88 Å². The number of aromatic amines is 1. The molecule has 4 aromatic rings. The van der Waals surface area contributed by atoms with E-state index in [-0.39, 0.29) is 10.3 Å². The third-order valence-corrected chi connectivity index (χ3v) is 9.24. The molecule has 1 aliphatic heterocycles. The number of pyridine rings is 1. The van der Waals surface area contributed by atoms with Crippen LogP contribution in [-0.4, -0.2) is 51.5 Å². The highest BCUT2D eigenvalue weighted by atomic mass is 32.2. The lowest BCUT2D eigenvalue weighted by Crippen LogP contribution is -2.45. The lowest BCUT2D eigenvalue weighted by atomic mass is 10.1. The molecule has 1 fully saturated rings. The van der Waals surface area contributed by atoms with Crippen LogP contribution in [0.5, 0.6) is 0 Å². The summed E-state index contributed by atoms with van der Waals surface area (Å²) in [7, 11) is -2.34. The van der Waals surface area contributed by atoms with E-state index in [2.05, 4.69) is 33.5 Å². The van der Waals surface area contributed by atoms with E-state index in [4.69, 9.17) is 0 Å². The SMILES string of the molecule is C=C(c1c[nH]c2ccc(S(=O)(=O)N(C)c3ccc(C)c(C)c3)cc2c1=O)N1CCN(c2ccccc2)CC1. The molecule has 1 saturated heterocycles. The number of H-pyrrole nitrogens is 1. The molecule has 0 aliphatic carbocycles. The number of rotatable bonds is 6. The van der Waals surface area contributed by atoms with E-state index < -0.39 is 10.0 Å². The number of piperazine rings is 1. The molecule has 0 radical (unpaired) electrons. The monoisotopic (exact) mass is 528 g/mol. The Kier molecular flexibility index (Phi) is 6.75. The summed E-state index contributed by atoms with van der Waals surface area (Å²) in [5, 5.41) is 0.320. The molecule has 0 amide bonds. The van der Waals surface area contributed by atoms with Crippen molar-refractivity contribution in [3.63, 3.8) is 0 Å². The summed E-state index contributed by atoms with van der Waals surface area (Å²) in [5.74, 6) is 0. The van der Waals surface area contributed by atoms with E-state index in [9.17, 15) is 13.2 Å². The van der Waals surface area contributed by atoms with Crippen molar-refractivity contribution in [2.24, 2.45) is 0 Å². The number of nitrogens with zero attached hydrogens (tertiary/aromatic N) is 3. The Bertz CT molecular complexity index is 1670. The smallest absolute Gasteiger partial charge is 0.264 e. The van der Waals surface area contributed by atoms with E-state index in [1.807, 2.05) is 44.2 Å². The Morgan fingerprint density at radius 3 is 2.32 bits per heavy atom. The van der Waals surface area contributed by atoms with Gasteiger partial charge in [-0.15, -0.1) is 0 Å². The number of anilines is 2. The lowest BCUT2D eigenvalue weighted by Gasteiger charge is -2.38. The van der Waals surface area contributed by atoms with Gasteiger partial charge in [-0.3, -0.25) is 9.10 Å². The number of fused-ring (bicyclic) bond motifs is 1. The van der Waals surface area contributed by atoms with Crippen LogP contribution in [0.2, 0.25) is 0 Å². The number of aryl methyl sites for hydroxylation is 2. The van der Waals surface area contributed by atoms with Crippen molar-refractivity contribution in [2.75, 3.05) is 42.4 Å². The van der Waals surface area contributed by atoms with E-state index in [1.165, 1.54) is 29.2 Å². The number of aromatic nitrogens is 1. The average molecular weight is 529 g/mol. The van der Waals surface area contributed by atoms with Gasteiger partial charge < -0.3 is 14.8 Å². The van der Waals surface area contributed by atoms with E-state index in [0.717, 1.165) is 37.3 Å². The summed E-state index contributed by atoms with van der Waals surface area (Å²) in [6.45, 7) is 11.3. The second-order valence-electron chi connectivity index (χ2n) is 9.74. The molecule has 0 spiro atoms. The summed E-state index contributed by atoms with van der Waals surface area (Å²) in [4.78, 5) is 21.2. The highest BCUT2D eigenvalue weighted by Crippen LogP contribution is 2.27. The van der Waals surface area contributed by atoms with E-state index in [1.54, 1.807) is 18.3 Å². The molecule has 0 unspecified atom stereocenters. The summed E-state index contributed by atoms with van der Waals surface area (Å²) in [6.07, 6.45) is 1.67. The first-order chi connectivity index (χ1) is 18.2. The van der Waals surface area contributed by atoms with Gasteiger partial charge in [0.15, 0.2) is 5.43 Å². The Morgan fingerprint density at radius 1 is 0.921 bits per heavy atom. The van der Waals surface area contributed by atoms with Crippen LogP contribution in [-0.2, 0) is 10.0 Å². The van der Waals surface area contributed by atoms with Crippen molar-refractivity contribution in [3.8, 4) is 0 Å². The summed E-state index contributed by atoms with van der Waals surface area (Å²) >= 11 is 0. The van der Waals surface area contributed by atoms with Gasteiger partial charge in [-0.05, 0) is 67.4 Å². The van der Waals surface area contributed by atoms with Crippen LogP contribution in [0.25, 0.3) is 16.6 Å². The minimum atomic E-state index is -3.87. The van der Waals surface area contributed by atoms with Crippen LogP contribution in [0.1, 0.15) is 16.7 Å². The number of sulfonamides is 1. The number of para-hydroxylation sites is 1. The Morgan fingerprint density at radius 2 is 1.63 bits per heavy atom. The Labute approximate surface area is 223 Å². The first-order valence-corrected chi connectivity index (χ1v) is 14.1. The molecule has 1 N–H and O–H groups in total. The Hall–Kier alpha value is -4.04. The molecular formula is C30H32N4O3S. The average Bonchev–Trinajstić information content (AvgIpc) is 2.94. The normalized spacial score (nSPS) is 14.1. The van der Waals surface area contributed by atoms with E-state index >= 15 is 0 Å². The maximum Gasteiger partial charge on any atom is 0.264 e. The maximum absolute atomic E-state index is 13.6. The molecule has 1 aliphatic rings. The van der Waals surface area contributed by atoms with Crippen molar-refractivity contribution in [2.45, 2.75) is 18.7 Å². The molecule has 3 aromatic carbocycles. The molecule has 0 atom stereocenters. The fourth-order valence-corrected chi connectivity index (χ4v) is 6.05. The number of hydrogen-bond donors (Lipinski definition) is 1. The van der Waals surface area contributed by atoms with Crippen LogP contribution in [0.15, 0.2) is 89.2 Å². The van der Waals surface area contributed by atoms with Gasteiger partial charge in [-0.1, -0.05) is 30.8 Å². The number of nitrogens with one attached hydrogen (secondary N) is 1. The van der Waals surface area contributed by atoms with Gasteiger partial charge in [0.2, 0.25) is 0 Å². The van der Waals surface area contributed by atoms with Crippen molar-refractivity contribution < 1.29 is 8.42 Å². The summed E-state index contributed by atoms with van der Waals surface area (Å²) in [5.41, 5.74) is 5.27. The third-order valence-electron chi connectivity index (χ3n) is 7.46. The summed E-state index contributed by atoms with van der Waals surface area (Å²) < 4.78 is 28.2. The maximum atomic E-state index is 13.6. The molecule has 7 nitrogen and oxygen atoms in total. The molecular weight excluding hydrogens is 496 g/mol. The van der Waals surface area contributed by atoms with Gasteiger partial charge in [0.1, 0.15) is 0 Å². The first kappa shape index (κ1) is 25.6. The van der Waals surface area contributed by atoms with Gasteiger partial charge in [0, 0.05) is 61.7 Å². The van der Waals surface area contributed by atoms with Crippen LogP contribution in [0.3, 0.4) is 0 Å². The second kappa shape index (κ2) is 10.0. The molecule has 196 valence electrons. The number of hydrogen-bond acceptors (Lipinski definition) is 5. The van der Waals surface area contributed by atoms with Crippen molar-refractivity contribution in [1.29, 1.82) is 0 Å². The quantitative estimate of drug-likeness (QED) is 0.390. The van der Waals surface area contributed by atoms with Gasteiger partial charge in [0.05, 0.1) is 16.1 Å².